The first-order chi connectivity index (χ1) is 20.1. The molecule has 1 aliphatic carbocycles. The smallest absolute Gasteiger partial charge is 0.462 e. The van der Waals surface area contributed by atoms with Crippen molar-refractivity contribution in [2.75, 3.05) is 31.2 Å². The van der Waals surface area contributed by atoms with Gasteiger partial charge in [-0.1, -0.05) is 18.2 Å². The van der Waals surface area contributed by atoms with Crippen molar-refractivity contribution in [1.82, 2.24) is 29.4 Å². The second-order valence-electron chi connectivity index (χ2n) is 10.4. The van der Waals surface area contributed by atoms with Crippen molar-refractivity contribution in [3.63, 3.8) is 0 Å². The molecule has 1 aliphatic heterocycles. The lowest BCUT2D eigenvalue weighted by atomic mass is 9.99. The SMILES string of the molecule is COC(=O)C1(NP(=O)(Oc2ccccc2)OC2O[C@@H](n3cnc4c(N(C)NS(C)(=O)=O)nc(N)nc43)[C@](C)(O)C2O)CC1. The first-order valence-electron chi connectivity index (χ1n) is 12.8. The molecule has 1 saturated heterocycles. The summed E-state index contributed by atoms with van der Waals surface area (Å²) in [6.07, 6.45) is -2.31. The zero-order valence-corrected chi connectivity index (χ0v) is 25.2. The highest BCUT2D eigenvalue weighted by atomic mass is 32.2. The summed E-state index contributed by atoms with van der Waals surface area (Å²) in [6.45, 7) is 1.24. The molecular weight excluding hydrogens is 611 g/mol. The van der Waals surface area contributed by atoms with E-state index in [9.17, 15) is 28.0 Å². The number of methoxy groups -OCH3 is 1. The fourth-order valence-electron chi connectivity index (χ4n) is 4.58. The summed E-state index contributed by atoms with van der Waals surface area (Å²) in [6, 6.07) is 7.98. The Hall–Kier alpha value is -3.42. The molecular formula is C23H31N8O10PS. The third-order valence-corrected chi connectivity index (χ3v) is 9.05. The van der Waals surface area contributed by atoms with E-state index in [2.05, 4.69) is 24.9 Å². The van der Waals surface area contributed by atoms with Gasteiger partial charge in [0.25, 0.3) is 0 Å². The quantitative estimate of drug-likeness (QED) is 0.103. The van der Waals surface area contributed by atoms with Gasteiger partial charge in [0.2, 0.25) is 22.3 Å². The maximum absolute atomic E-state index is 14.1. The number of hydrogen-bond donors (Lipinski definition) is 5. The van der Waals surface area contributed by atoms with Crippen LogP contribution in [0, 0.1) is 0 Å². The van der Waals surface area contributed by atoms with Gasteiger partial charge in [0.05, 0.1) is 19.7 Å². The van der Waals surface area contributed by atoms with E-state index in [0.717, 1.165) is 11.3 Å². The maximum Gasteiger partial charge on any atom is 0.462 e. The van der Waals surface area contributed by atoms with Gasteiger partial charge in [-0.25, -0.2) is 18.0 Å². The number of ether oxygens (including phenoxy) is 2. The largest absolute Gasteiger partial charge is 0.468 e. The van der Waals surface area contributed by atoms with E-state index in [4.69, 9.17) is 24.3 Å². The van der Waals surface area contributed by atoms with Crippen LogP contribution in [-0.2, 0) is 33.4 Å². The number of anilines is 2. The molecule has 2 fully saturated rings. The lowest BCUT2D eigenvalue weighted by Gasteiger charge is -2.28. The first-order valence-corrected chi connectivity index (χ1v) is 16.2. The highest BCUT2D eigenvalue weighted by molar-refractivity contribution is 7.88. The number of sulfonamides is 1. The van der Waals surface area contributed by atoms with Crippen LogP contribution in [0.2, 0.25) is 0 Å². The third kappa shape index (κ3) is 6.16. The Morgan fingerprint density at radius 2 is 1.95 bits per heavy atom. The van der Waals surface area contributed by atoms with Gasteiger partial charge in [-0.2, -0.15) is 15.1 Å². The molecule has 20 heteroatoms. The number of imidazole rings is 1. The summed E-state index contributed by atoms with van der Waals surface area (Å²) < 4.78 is 61.0. The predicted octanol–water partition coefficient (Wildman–Crippen LogP) is -0.225. The summed E-state index contributed by atoms with van der Waals surface area (Å²) in [5.41, 5.74) is 2.51. The number of rotatable bonds is 11. The number of carbonyl (C=O) groups is 1. The summed E-state index contributed by atoms with van der Waals surface area (Å²) in [4.78, 5) is 27.1. The number of nitrogens with one attached hydrogen (secondary N) is 2. The minimum absolute atomic E-state index is 0.00671. The van der Waals surface area contributed by atoms with E-state index >= 15 is 0 Å². The van der Waals surface area contributed by atoms with Gasteiger partial charge in [-0.15, -0.1) is 4.83 Å². The van der Waals surface area contributed by atoms with Crippen molar-refractivity contribution in [3.8, 4) is 5.75 Å². The second kappa shape index (κ2) is 10.9. The fraction of sp³-hybridized carbons (Fsp3) is 0.478. The standard InChI is InChI=1S/C23H31N8O10PS/c1-22(34)15(32)18(41-42(35,40-13-8-6-5-7-9-13)28-23(10-11-23)20(33)38-3)39-19(22)31-12-25-14-16(26-21(24)27-17(14)31)30(2)29-43(4,36)37/h5-9,12,15,18-19,29,32,34H,10-11H2,1-4H3,(H,28,35)(H2,24,26,27)/t15?,18?,19-,22-,42?/m1/s1. The van der Waals surface area contributed by atoms with Gasteiger partial charge in [0.1, 0.15) is 23.0 Å². The number of benzene rings is 1. The summed E-state index contributed by atoms with van der Waals surface area (Å²) >= 11 is 0. The Kier molecular flexibility index (Phi) is 7.89. The number of nitrogen functional groups attached to an aromatic ring is 1. The lowest BCUT2D eigenvalue weighted by Crippen LogP contribution is -2.45. The number of para-hydroxylation sites is 1. The molecule has 0 radical (unpaired) electrons. The summed E-state index contributed by atoms with van der Waals surface area (Å²) in [5.74, 6) is -0.832. The zero-order chi connectivity index (χ0) is 31.4. The fourth-order valence-corrected chi connectivity index (χ4v) is 6.98. The summed E-state index contributed by atoms with van der Waals surface area (Å²) in [7, 11) is -5.64. The Morgan fingerprint density at radius 3 is 2.56 bits per heavy atom. The van der Waals surface area contributed by atoms with Crippen molar-refractivity contribution in [3.05, 3.63) is 36.7 Å². The number of nitrogens with two attached hydrogens (primary N) is 1. The second-order valence-corrected chi connectivity index (χ2v) is 13.7. The van der Waals surface area contributed by atoms with Crippen molar-refractivity contribution in [2.24, 2.45) is 0 Å². The molecule has 2 aliphatic rings. The average molecular weight is 643 g/mol. The van der Waals surface area contributed by atoms with E-state index in [1.54, 1.807) is 18.2 Å². The number of hydrazine groups is 1. The molecule has 1 saturated carbocycles. The van der Waals surface area contributed by atoms with Crippen LogP contribution in [0.1, 0.15) is 26.0 Å². The van der Waals surface area contributed by atoms with Crippen LogP contribution in [0.15, 0.2) is 36.7 Å². The number of aliphatic hydroxyl groups is 2. The van der Waals surface area contributed by atoms with Crippen LogP contribution in [0.25, 0.3) is 11.2 Å². The monoisotopic (exact) mass is 642 g/mol. The Morgan fingerprint density at radius 1 is 1.28 bits per heavy atom. The highest BCUT2D eigenvalue weighted by Gasteiger charge is 2.60. The molecule has 1 aromatic carbocycles. The molecule has 43 heavy (non-hydrogen) atoms. The van der Waals surface area contributed by atoms with Crippen LogP contribution in [0.3, 0.4) is 0 Å². The molecule has 5 atom stereocenters. The van der Waals surface area contributed by atoms with Gasteiger partial charge < -0.3 is 29.9 Å². The van der Waals surface area contributed by atoms with E-state index in [0.29, 0.717) is 0 Å². The van der Waals surface area contributed by atoms with Crippen LogP contribution in [-0.4, -0.2) is 88.1 Å². The number of esters is 1. The van der Waals surface area contributed by atoms with Crippen LogP contribution in [0.5, 0.6) is 5.75 Å². The molecule has 234 valence electrons. The number of aliphatic hydroxyl groups excluding tert-OH is 1. The molecule has 0 amide bonds. The molecule has 0 spiro atoms. The number of carbonyl (C=O) groups excluding carboxylic acids is 1. The molecule has 3 heterocycles. The van der Waals surface area contributed by atoms with Crippen molar-refractivity contribution in [2.45, 2.75) is 49.5 Å². The Bertz CT molecular complexity index is 1680. The predicted molar refractivity (Wildman–Crippen MR) is 150 cm³/mol. The average Bonchev–Trinajstić information content (AvgIpc) is 3.52. The zero-order valence-electron chi connectivity index (χ0n) is 23.4. The van der Waals surface area contributed by atoms with Gasteiger partial charge in [-0.05, 0) is 31.9 Å². The molecule has 2 aromatic heterocycles. The Balaban J connectivity index is 1.47. The van der Waals surface area contributed by atoms with Crippen molar-refractivity contribution < 1.29 is 46.5 Å². The normalized spacial score (nSPS) is 26.1. The van der Waals surface area contributed by atoms with Gasteiger partial charge in [-0.3, -0.25) is 18.9 Å². The maximum atomic E-state index is 14.1. The van der Waals surface area contributed by atoms with E-state index < -0.39 is 53.5 Å². The number of hydrogen-bond acceptors (Lipinski definition) is 15. The molecule has 6 N–H and O–H groups in total. The van der Waals surface area contributed by atoms with Crippen LogP contribution >= 0.6 is 7.75 Å². The molecule has 5 rings (SSSR count). The van der Waals surface area contributed by atoms with Gasteiger partial charge in [0, 0.05) is 7.05 Å². The van der Waals surface area contributed by atoms with Crippen LogP contribution in [0.4, 0.5) is 11.8 Å². The van der Waals surface area contributed by atoms with Crippen LogP contribution < -0.4 is 25.2 Å². The molecule has 3 aromatic rings. The van der Waals surface area contributed by atoms with Gasteiger partial charge >= 0.3 is 13.7 Å². The van der Waals surface area contributed by atoms with Gasteiger partial charge in [0.15, 0.2) is 23.2 Å². The van der Waals surface area contributed by atoms with E-state index in [1.807, 2.05) is 0 Å². The lowest BCUT2D eigenvalue weighted by molar-refractivity contribution is -0.145. The van der Waals surface area contributed by atoms with Crippen molar-refractivity contribution in [1.29, 1.82) is 0 Å². The molecule has 3 unspecified atom stereocenters. The van der Waals surface area contributed by atoms with E-state index in [1.165, 1.54) is 44.1 Å². The minimum atomic E-state index is -4.50. The highest BCUT2D eigenvalue weighted by Crippen LogP contribution is 2.55. The number of aromatic nitrogens is 4. The minimum Gasteiger partial charge on any atom is -0.468 e. The number of fused-ring (bicyclic) bond motifs is 1. The van der Waals surface area contributed by atoms with E-state index in [-0.39, 0.29) is 41.5 Å². The Labute approximate surface area is 245 Å². The molecule has 18 nitrogen and oxygen atoms in total. The van der Waals surface area contributed by atoms with Crippen molar-refractivity contribution >= 4 is 46.7 Å². The molecule has 0 bridgehead atoms. The number of nitrogens with zero attached hydrogens (tertiary/aromatic N) is 5. The third-order valence-electron chi connectivity index (χ3n) is 6.80. The topological polar surface area (TPSA) is 243 Å². The summed E-state index contributed by atoms with van der Waals surface area (Å²) in [5, 5.41) is 26.2. The first kappa shape index (κ1) is 31.0.